The standard InChI is InChI=1S/C8H12N2O/c1-2-6-3-4-7(10-9)5-8(6)11/h3-5,10-11H,2,9H2,1H3. The molecule has 0 aliphatic rings. The number of nitrogens with one attached hydrogen (secondary N) is 1. The number of nitrogen functional groups attached to an aromatic ring is 1. The summed E-state index contributed by atoms with van der Waals surface area (Å²) >= 11 is 0. The first-order valence-electron chi connectivity index (χ1n) is 3.56. The average Bonchev–Trinajstić information content (AvgIpc) is 2.04. The number of phenolic OH excluding ortho intramolecular Hbond substituents is 1. The van der Waals surface area contributed by atoms with Crippen molar-refractivity contribution in [3.05, 3.63) is 23.8 Å². The van der Waals surface area contributed by atoms with E-state index in [0.717, 1.165) is 17.7 Å². The monoisotopic (exact) mass is 152 g/mol. The highest BCUT2D eigenvalue weighted by molar-refractivity contribution is 5.50. The second kappa shape index (κ2) is 3.25. The molecule has 1 rings (SSSR count). The number of hydrogen-bond acceptors (Lipinski definition) is 3. The van der Waals surface area contributed by atoms with E-state index in [9.17, 15) is 5.11 Å². The van der Waals surface area contributed by atoms with E-state index in [2.05, 4.69) is 5.43 Å². The zero-order chi connectivity index (χ0) is 8.27. The van der Waals surface area contributed by atoms with Gasteiger partial charge in [0.2, 0.25) is 0 Å². The predicted molar refractivity (Wildman–Crippen MR) is 45.3 cm³/mol. The Morgan fingerprint density at radius 2 is 2.27 bits per heavy atom. The first kappa shape index (κ1) is 7.88. The molecular weight excluding hydrogens is 140 g/mol. The van der Waals surface area contributed by atoms with Crippen LogP contribution in [-0.2, 0) is 6.42 Å². The van der Waals surface area contributed by atoms with Crippen LogP contribution in [0.2, 0.25) is 0 Å². The topological polar surface area (TPSA) is 58.3 Å². The molecule has 1 aromatic carbocycles. The number of anilines is 1. The van der Waals surface area contributed by atoms with E-state index in [4.69, 9.17) is 5.84 Å². The first-order valence-corrected chi connectivity index (χ1v) is 3.56. The van der Waals surface area contributed by atoms with Crippen molar-refractivity contribution in [3.8, 4) is 5.75 Å². The van der Waals surface area contributed by atoms with Gasteiger partial charge in [-0.25, -0.2) is 0 Å². The van der Waals surface area contributed by atoms with Gasteiger partial charge in [-0.3, -0.25) is 5.84 Å². The molecule has 0 amide bonds. The second-order valence-electron chi connectivity index (χ2n) is 2.34. The SMILES string of the molecule is CCc1ccc(NN)cc1O. The molecule has 0 unspecified atom stereocenters. The molecule has 0 heterocycles. The zero-order valence-electron chi connectivity index (χ0n) is 6.46. The third-order valence-electron chi connectivity index (χ3n) is 1.63. The van der Waals surface area contributed by atoms with Crippen molar-refractivity contribution in [3.63, 3.8) is 0 Å². The number of nitrogens with two attached hydrogens (primary N) is 1. The fourth-order valence-corrected chi connectivity index (χ4v) is 0.953. The summed E-state index contributed by atoms with van der Waals surface area (Å²) < 4.78 is 0. The van der Waals surface area contributed by atoms with Crippen LogP contribution in [0, 0.1) is 0 Å². The van der Waals surface area contributed by atoms with Gasteiger partial charge in [0.05, 0.1) is 5.69 Å². The zero-order valence-corrected chi connectivity index (χ0v) is 6.46. The van der Waals surface area contributed by atoms with Crippen LogP contribution in [0.4, 0.5) is 5.69 Å². The third kappa shape index (κ3) is 1.62. The largest absolute Gasteiger partial charge is 0.508 e. The van der Waals surface area contributed by atoms with Gasteiger partial charge in [0, 0.05) is 6.07 Å². The molecule has 4 N–H and O–H groups in total. The van der Waals surface area contributed by atoms with Crippen LogP contribution in [0.1, 0.15) is 12.5 Å². The number of aromatic hydroxyl groups is 1. The molecule has 0 aliphatic carbocycles. The molecule has 0 fully saturated rings. The van der Waals surface area contributed by atoms with Gasteiger partial charge in [0.1, 0.15) is 5.75 Å². The Morgan fingerprint density at radius 3 is 2.73 bits per heavy atom. The van der Waals surface area contributed by atoms with Crippen LogP contribution in [0.25, 0.3) is 0 Å². The summed E-state index contributed by atoms with van der Waals surface area (Å²) in [7, 11) is 0. The Hall–Kier alpha value is -1.22. The van der Waals surface area contributed by atoms with Crippen molar-refractivity contribution in [1.82, 2.24) is 0 Å². The van der Waals surface area contributed by atoms with Crippen molar-refractivity contribution in [2.75, 3.05) is 5.43 Å². The fraction of sp³-hybridized carbons (Fsp3) is 0.250. The number of phenols is 1. The Kier molecular flexibility index (Phi) is 2.33. The van der Waals surface area contributed by atoms with Crippen molar-refractivity contribution >= 4 is 5.69 Å². The van der Waals surface area contributed by atoms with Crippen molar-refractivity contribution < 1.29 is 5.11 Å². The van der Waals surface area contributed by atoms with Crippen LogP contribution < -0.4 is 11.3 Å². The van der Waals surface area contributed by atoms with Gasteiger partial charge in [-0.05, 0) is 18.1 Å². The lowest BCUT2D eigenvalue weighted by Crippen LogP contribution is -2.06. The Morgan fingerprint density at radius 1 is 1.55 bits per heavy atom. The van der Waals surface area contributed by atoms with Gasteiger partial charge >= 0.3 is 0 Å². The van der Waals surface area contributed by atoms with Crippen LogP contribution in [-0.4, -0.2) is 5.11 Å². The lowest BCUT2D eigenvalue weighted by molar-refractivity contribution is 0.469. The minimum Gasteiger partial charge on any atom is -0.508 e. The molecule has 0 saturated heterocycles. The van der Waals surface area contributed by atoms with E-state index in [0.29, 0.717) is 5.75 Å². The molecule has 0 radical (unpaired) electrons. The summed E-state index contributed by atoms with van der Waals surface area (Å²) in [4.78, 5) is 0. The van der Waals surface area contributed by atoms with Gasteiger partial charge in [-0.15, -0.1) is 0 Å². The van der Waals surface area contributed by atoms with Gasteiger partial charge in [-0.2, -0.15) is 0 Å². The van der Waals surface area contributed by atoms with Crippen LogP contribution in [0.3, 0.4) is 0 Å². The number of hydrazine groups is 1. The molecule has 0 bridgehead atoms. The van der Waals surface area contributed by atoms with Crippen LogP contribution in [0.15, 0.2) is 18.2 Å². The molecule has 3 nitrogen and oxygen atoms in total. The molecular formula is C8H12N2O. The van der Waals surface area contributed by atoms with E-state index in [-0.39, 0.29) is 0 Å². The van der Waals surface area contributed by atoms with E-state index in [1.54, 1.807) is 6.07 Å². The van der Waals surface area contributed by atoms with Gasteiger partial charge in [0.25, 0.3) is 0 Å². The summed E-state index contributed by atoms with van der Waals surface area (Å²) in [5.74, 6) is 5.44. The van der Waals surface area contributed by atoms with E-state index in [1.807, 2.05) is 19.1 Å². The number of hydrogen-bond donors (Lipinski definition) is 3. The minimum atomic E-state index is 0.294. The second-order valence-corrected chi connectivity index (χ2v) is 2.34. The van der Waals surface area contributed by atoms with E-state index in [1.165, 1.54) is 0 Å². The van der Waals surface area contributed by atoms with Crippen molar-refractivity contribution in [2.45, 2.75) is 13.3 Å². The smallest absolute Gasteiger partial charge is 0.120 e. The van der Waals surface area contributed by atoms with Gasteiger partial charge in [0.15, 0.2) is 0 Å². The van der Waals surface area contributed by atoms with Crippen molar-refractivity contribution in [2.24, 2.45) is 5.84 Å². The molecule has 11 heavy (non-hydrogen) atoms. The van der Waals surface area contributed by atoms with E-state index < -0.39 is 0 Å². The normalized spacial score (nSPS) is 9.64. The molecule has 3 heteroatoms. The lowest BCUT2D eigenvalue weighted by atomic mass is 10.1. The Balaban J connectivity index is 2.99. The molecule has 0 aromatic heterocycles. The number of rotatable bonds is 2. The Labute approximate surface area is 65.8 Å². The summed E-state index contributed by atoms with van der Waals surface area (Å²) in [6.07, 6.45) is 0.830. The highest BCUT2D eigenvalue weighted by Crippen LogP contribution is 2.21. The van der Waals surface area contributed by atoms with E-state index >= 15 is 0 Å². The molecule has 0 aliphatic heterocycles. The molecule has 0 saturated carbocycles. The maximum Gasteiger partial charge on any atom is 0.120 e. The molecule has 0 spiro atoms. The summed E-state index contributed by atoms with van der Waals surface area (Å²) in [5, 5.41) is 9.33. The molecule has 1 aromatic rings. The number of benzene rings is 1. The average molecular weight is 152 g/mol. The van der Waals surface area contributed by atoms with Gasteiger partial charge < -0.3 is 10.5 Å². The highest BCUT2D eigenvalue weighted by atomic mass is 16.3. The van der Waals surface area contributed by atoms with Gasteiger partial charge in [-0.1, -0.05) is 13.0 Å². The maximum absolute atomic E-state index is 9.33. The van der Waals surface area contributed by atoms with Crippen LogP contribution >= 0.6 is 0 Å². The summed E-state index contributed by atoms with van der Waals surface area (Å²) in [5.41, 5.74) is 4.12. The van der Waals surface area contributed by atoms with Crippen LogP contribution in [0.5, 0.6) is 5.75 Å². The fourth-order valence-electron chi connectivity index (χ4n) is 0.953. The third-order valence-corrected chi connectivity index (χ3v) is 1.63. The first-order chi connectivity index (χ1) is 5.27. The number of aryl methyl sites for hydroxylation is 1. The molecule has 0 atom stereocenters. The minimum absolute atomic E-state index is 0.294. The maximum atomic E-state index is 9.33. The Bertz CT molecular complexity index is 248. The highest BCUT2D eigenvalue weighted by Gasteiger charge is 1.98. The quantitative estimate of drug-likeness (QED) is 0.441. The summed E-state index contributed by atoms with van der Waals surface area (Å²) in [6, 6.07) is 5.29. The predicted octanol–water partition coefficient (Wildman–Crippen LogP) is 1.24. The molecule has 60 valence electrons. The lowest BCUT2D eigenvalue weighted by Gasteiger charge is -2.03. The summed E-state index contributed by atoms with van der Waals surface area (Å²) in [6.45, 7) is 1.99. The van der Waals surface area contributed by atoms with Crippen molar-refractivity contribution in [1.29, 1.82) is 0 Å².